The highest BCUT2D eigenvalue weighted by Gasteiger charge is 2.10. The summed E-state index contributed by atoms with van der Waals surface area (Å²) in [4.78, 5) is 13.7. The quantitative estimate of drug-likeness (QED) is 0.794. The van der Waals surface area contributed by atoms with Crippen molar-refractivity contribution in [2.45, 2.75) is 6.42 Å². The number of nitrogens with zero attached hydrogens (tertiary/aromatic N) is 1. The molecule has 1 aromatic rings. The van der Waals surface area contributed by atoms with Gasteiger partial charge in [0.1, 0.15) is 0 Å². The molecule has 0 heterocycles. The second-order valence-corrected chi connectivity index (χ2v) is 4.92. The molecule has 0 spiro atoms. The third-order valence-corrected chi connectivity index (χ3v) is 2.82. The molecular formula is C11H13BrClNO. The highest BCUT2D eigenvalue weighted by atomic mass is 79.9. The summed E-state index contributed by atoms with van der Waals surface area (Å²) in [6.45, 7) is 0.741. The Labute approximate surface area is 103 Å². The Morgan fingerprint density at radius 1 is 1.47 bits per heavy atom. The highest BCUT2D eigenvalue weighted by Crippen LogP contribution is 2.22. The number of carbonyl (C=O) groups is 1. The summed E-state index contributed by atoms with van der Waals surface area (Å²) in [5, 5.41) is 0.508. The van der Waals surface area contributed by atoms with Crippen LogP contribution in [0.2, 0.25) is 5.02 Å². The Bertz CT molecular complexity index is 366. The summed E-state index contributed by atoms with van der Waals surface area (Å²) in [5.74, 6) is 0.0844. The van der Waals surface area contributed by atoms with Crippen molar-refractivity contribution < 1.29 is 4.79 Å². The average molecular weight is 291 g/mol. The van der Waals surface area contributed by atoms with Crippen LogP contribution in [-0.2, 0) is 0 Å². The van der Waals surface area contributed by atoms with E-state index in [-0.39, 0.29) is 5.78 Å². The topological polar surface area (TPSA) is 20.3 Å². The lowest BCUT2D eigenvalue weighted by Crippen LogP contribution is -2.16. The molecule has 0 bridgehead atoms. The van der Waals surface area contributed by atoms with Gasteiger partial charge in [-0.2, -0.15) is 0 Å². The van der Waals surface area contributed by atoms with Crippen molar-refractivity contribution >= 4 is 33.3 Å². The number of hydrogen-bond donors (Lipinski definition) is 0. The lowest BCUT2D eigenvalue weighted by atomic mass is 10.1. The summed E-state index contributed by atoms with van der Waals surface area (Å²) in [5.41, 5.74) is 0.599. The van der Waals surface area contributed by atoms with E-state index in [1.807, 2.05) is 25.1 Å². The third kappa shape index (κ3) is 3.93. The molecule has 0 aromatic heterocycles. The minimum Gasteiger partial charge on any atom is -0.309 e. The van der Waals surface area contributed by atoms with Crippen LogP contribution in [0.25, 0.3) is 0 Å². The second-order valence-electron chi connectivity index (χ2n) is 3.60. The molecule has 0 aliphatic carbocycles. The van der Waals surface area contributed by atoms with E-state index >= 15 is 0 Å². The predicted molar refractivity (Wildman–Crippen MR) is 66.7 cm³/mol. The molecule has 0 N–H and O–H groups in total. The van der Waals surface area contributed by atoms with Crippen molar-refractivity contribution in [1.82, 2.24) is 4.90 Å². The second kappa shape index (κ2) is 5.64. The van der Waals surface area contributed by atoms with Crippen molar-refractivity contribution in [3.63, 3.8) is 0 Å². The largest absolute Gasteiger partial charge is 0.309 e. The Morgan fingerprint density at radius 2 is 2.13 bits per heavy atom. The van der Waals surface area contributed by atoms with Crippen LogP contribution in [0.5, 0.6) is 0 Å². The first-order chi connectivity index (χ1) is 7.00. The SMILES string of the molecule is CN(C)CCC(=O)c1ccc(Br)cc1Cl. The molecule has 15 heavy (non-hydrogen) atoms. The standard InChI is InChI=1S/C11H13BrClNO/c1-14(2)6-5-11(15)9-4-3-8(12)7-10(9)13/h3-4,7H,5-6H2,1-2H3. The Hall–Kier alpha value is -0.380. The number of rotatable bonds is 4. The molecule has 0 fully saturated rings. The van der Waals surface area contributed by atoms with E-state index in [9.17, 15) is 4.79 Å². The fourth-order valence-electron chi connectivity index (χ4n) is 1.18. The zero-order valence-electron chi connectivity index (χ0n) is 8.76. The number of benzene rings is 1. The number of hydrogen-bond acceptors (Lipinski definition) is 2. The smallest absolute Gasteiger partial charge is 0.165 e. The van der Waals surface area contributed by atoms with Crippen LogP contribution >= 0.6 is 27.5 Å². The minimum atomic E-state index is 0.0844. The number of halogens is 2. The molecule has 0 unspecified atom stereocenters. The van der Waals surface area contributed by atoms with Crippen LogP contribution < -0.4 is 0 Å². The fourth-order valence-corrected chi connectivity index (χ4v) is 1.95. The summed E-state index contributed by atoms with van der Waals surface area (Å²) in [6, 6.07) is 5.32. The van der Waals surface area contributed by atoms with E-state index in [0.717, 1.165) is 11.0 Å². The molecule has 0 aliphatic rings. The van der Waals surface area contributed by atoms with Gasteiger partial charge in [-0.15, -0.1) is 0 Å². The third-order valence-electron chi connectivity index (χ3n) is 2.02. The van der Waals surface area contributed by atoms with E-state index in [0.29, 0.717) is 17.0 Å². The van der Waals surface area contributed by atoms with Crippen molar-refractivity contribution in [3.05, 3.63) is 33.3 Å². The lowest BCUT2D eigenvalue weighted by molar-refractivity contribution is 0.0972. The van der Waals surface area contributed by atoms with Gasteiger partial charge in [-0.25, -0.2) is 0 Å². The van der Waals surface area contributed by atoms with Crippen LogP contribution in [0.3, 0.4) is 0 Å². The zero-order valence-corrected chi connectivity index (χ0v) is 11.1. The summed E-state index contributed by atoms with van der Waals surface area (Å²) in [6.07, 6.45) is 0.494. The van der Waals surface area contributed by atoms with Gasteiger partial charge in [0.2, 0.25) is 0 Å². The van der Waals surface area contributed by atoms with E-state index < -0.39 is 0 Å². The van der Waals surface area contributed by atoms with Crippen molar-refractivity contribution in [1.29, 1.82) is 0 Å². The van der Waals surface area contributed by atoms with Crippen molar-refractivity contribution in [3.8, 4) is 0 Å². The molecular weight excluding hydrogens is 277 g/mol. The van der Waals surface area contributed by atoms with E-state index in [1.54, 1.807) is 12.1 Å². The number of ketones is 1. The Balaban J connectivity index is 2.74. The molecule has 0 radical (unpaired) electrons. The molecule has 0 aliphatic heterocycles. The van der Waals surface area contributed by atoms with Gasteiger partial charge in [-0.05, 0) is 32.3 Å². The van der Waals surface area contributed by atoms with Gasteiger partial charge >= 0.3 is 0 Å². The van der Waals surface area contributed by atoms with Gasteiger partial charge in [0.05, 0.1) is 5.02 Å². The van der Waals surface area contributed by atoms with Crippen molar-refractivity contribution in [2.75, 3.05) is 20.6 Å². The van der Waals surface area contributed by atoms with Gasteiger partial charge in [0.25, 0.3) is 0 Å². The van der Waals surface area contributed by atoms with Crippen LogP contribution in [0.4, 0.5) is 0 Å². The monoisotopic (exact) mass is 289 g/mol. The predicted octanol–water partition coefficient (Wildman–Crippen LogP) is 3.24. The Kier molecular flexibility index (Phi) is 4.77. The van der Waals surface area contributed by atoms with Gasteiger partial charge < -0.3 is 4.90 Å². The van der Waals surface area contributed by atoms with Crippen LogP contribution in [-0.4, -0.2) is 31.3 Å². The highest BCUT2D eigenvalue weighted by molar-refractivity contribution is 9.10. The lowest BCUT2D eigenvalue weighted by Gasteiger charge is -2.09. The zero-order chi connectivity index (χ0) is 11.4. The van der Waals surface area contributed by atoms with E-state index in [4.69, 9.17) is 11.6 Å². The summed E-state index contributed by atoms with van der Waals surface area (Å²) >= 11 is 9.28. The van der Waals surface area contributed by atoms with Crippen molar-refractivity contribution in [2.24, 2.45) is 0 Å². The van der Waals surface area contributed by atoms with E-state index in [1.165, 1.54) is 0 Å². The van der Waals surface area contributed by atoms with Crippen LogP contribution in [0.15, 0.2) is 22.7 Å². The maximum atomic E-state index is 11.8. The molecule has 0 amide bonds. The van der Waals surface area contributed by atoms with Crippen LogP contribution in [0, 0.1) is 0 Å². The van der Waals surface area contributed by atoms with Gasteiger partial charge in [-0.1, -0.05) is 27.5 Å². The number of carbonyl (C=O) groups excluding carboxylic acids is 1. The Morgan fingerprint density at radius 3 is 2.67 bits per heavy atom. The first kappa shape index (κ1) is 12.7. The molecule has 0 atom stereocenters. The molecule has 1 rings (SSSR count). The van der Waals surface area contributed by atoms with Gasteiger partial charge in [-0.3, -0.25) is 4.79 Å². The first-order valence-corrected chi connectivity index (χ1v) is 5.81. The first-order valence-electron chi connectivity index (χ1n) is 4.63. The molecule has 1 aromatic carbocycles. The maximum Gasteiger partial charge on any atom is 0.165 e. The molecule has 0 saturated carbocycles. The number of Topliss-reactive ketones (excluding diaryl/α,β-unsaturated/α-hetero) is 1. The molecule has 4 heteroatoms. The average Bonchev–Trinajstić information content (AvgIpc) is 2.14. The molecule has 82 valence electrons. The van der Waals surface area contributed by atoms with E-state index in [2.05, 4.69) is 15.9 Å². The molecule has 0 saturated heterocycles. The molecule has 2 nitrogen and oxygen atoms in total. The normalized spacial score (nSPS) is 10.7. The van der Waals surface area contributed by atoms with Gasteiger partial charge in [0.15, 0.2) is 5.78 Å². The maximum absolute atomic E-state index is 11.8. The van der Waals surface area contributed by atoms with Gasteiger partial charge in [0, 0.05) is 23.0 Å². The fraction of sp³-hybridized carbons (Fsp3) is 0.364. The minimum absolute atomic E-state index is 0.0844. The summed E-state index contributed by atoms with van der Waals surface area (Å²) in [7, 11) is 3.88. The van der Waals surface area contributed by atoms with Crippen LogP contribution in [0.1, 0.15) is 16.8 Å². The summed E-state index contributed by atoms with van der Waals surface area (Å²) < 4.78 is 0.886.